The number of nitrogens with one attached hydrogen (secondary N) is 1. The predicted octanol–water partition coefficient (Wildman–Crippen LogP) is 0.980. The minimum atomic E-state index is -0.202. The van der Waals surface area contributed by atoms with Gasteiger partial charge in [-0.3, -0.25) is 11.3 Å². The lowest BCUT2D eigenvalue weighted by molar-refractivity contribution is -0.110. The first kappa shape index (κ1) is 12.6. The molecule has 4 heteroatoms. The van der Waals surface area contributed by atoms with Crippen LogP contribution in [0.3, 0.4) is 0 Å². The van der Waals surface area contributed by atoms with Crippen molar-refractivity contribution in [1.29, 1.82) is 0 Å². The Hall–Kier alpha value is -0.420. The lowest BCUT2D eigenvalue weighted by Crippen LogP contribution is -2.57. The molecule has 0 amide bonds. The van der Waals surface area contributed by atoms with Gasteiger partial charge in [0.05, 0.1) is 11.6 Å². The van der Waals surface area contributed by atoms with Gasteiger partial charge in [-0.05, 0) is 13.3 Å². The molecule has 0 aliphatic carbocycles. The number of rotatable bonds is 5. The largest absolute Gasteiger partial charge is 0.381 e. The molecule has 15 heavy (non-hydrogen) atoms. The van der Waals surface area contributed by atoms with E-state index in [-0.39, 0.29) is 11.6 Å². The number of hydrogen-bond acceptors (Lipinski definition) is 4. The molecular formula is C11H22N2O2. The highest BCUT2D eigenvalue weighted by Crippen LogP contribution is 2.30. The molecule has 4 nitrogen and oxygen atoms in total. The fourth-order valence-electron chi connectivity index (χ4n) is 2.16. The fourth-order valence-corrected chi connectivity index (χ4v) is 2.16. The Morgan fingerprint density at radius 2 is 2.20 bits per heavy atom. The Labute approximate surface area is 91.8 Å². The van der Waals surface area contributed by atoms with Gasteiger partial charge in [0.15, 0.2) is 0 Å². The van der Waals surface area contributed by atoms with Crippen molar-refractivity contribution in [3.05, 3.63) is 12.2 Å². The van der Waals surface area contributed by atoms with Gasteiger partial charge in [0.25, 0.3) is 0 Å². The average Bonchev–Trinajstić information content (AvgIpc) is 2.26. The summed E-state index contributed by atoms with van der Waals surface area (Å²) < 4.78 is 11.0. The van der Waals surface area contributed by atoms with Crippen molar-refractivity contribution >= 4 is 0 Å². The summed E-state index contributed by atoms with van der Waals surface area (Å²) in [5.41, 5.74) is 3.76. The van der Waals surface area contributed by atoms with Crippen molar-refractivity contribution in [2.75, 3.05) is 20.3 Å². The van der Waals surface area contributed by atoms with E-state index in [9.17, 15) is 0 Å². The molecule has 0 aromatic rings. The summed E-state index contributed by atoms with van der Waals surface area (Å²) in [4.78, 5) is 0. The van der Waals surface area contributed by atoms with Gasteiger partial charge in [-0.15, -0.1) is 6.58 Å². The minimum Gasteiger partial charge on any atom is -0.381 e. The Balaban J connectivity index is 2.71. The number of methoxy groups -OCH3 is 1. The van der Waals surface area contributed by atoms with Gasteiger partial charge in [-0.2, -0.15) is 0 Å². The number of hydrazine groups is 1. The van der Waals surface area contributed by atoms with Crippen LogP contribution in [0.5, 0.6) is 0 Å². The van der Waals surface area contributed by atoms with E-state index in [1.807, 2.05) is 6.92 Å². The Bertz CT molecular complexity index is 213. The lowest BCUT2D eigenvalue weighted by Gasteiger charge is -2.42. The van der Waals surface area contributed by atoms with E-state index in [1.165, 1.54) is 0 Å². The molecule has 1 rings (SSSR count). The van der Waals surface area contributed by atoms with E-state index in [1.54, 1.807) is 7.11 Å². The second-order valence-corrected chi connectivity index (χ2v) is 4.26. The van der Waals surface area contributed by atoms with Gasteiger partial charge in [-0.25, -0.2) is 0 Å². The van der Waals surface area contributed by atoms with Crippen LogP contribution in [0.1, 0.15) is 26.2 Å². The first-order valence-electron chi connectivity index (χ1n) is 5.38. The van der Waals surface area contributed by atoms with Gasteiger partial charge in [0.1, 0.15) is 0 Å². The smallest absolute Gasteiger partial charge is 0.0891 e. The summed E-state index contributed by atoms with van der Waals surface area (Å²) in [6.45, 7) is 7.40. The second-order valence-electron chi connectivity index (χ2n) is 4.26. The van der Waals surface area contributed by atoms with Crippen molar-refractivity contribution in [3.63, 3.8) is 0 Å². The zero-order valence-corrected chi connectivity index (χ0v) is 9.71. The minimum absolute atomic E-state index is 0.115. The van der Waals surface area contributed by atoms with Crippen molar-refractivity contribution in [1.82, 2.24) is 5.43 Å². The van der Waals surface area contributed by atoms with E-state index in [0.717, 1.165) is 38.0 Å². The second kappa shape index (κ2) is 5.61. The highest BCUT2D eigenvalue weighted by molar-refractivity contribution is 5.02. The van der Waals surface area contributed by atoms with E-state index in [0.29, 0.717) is 0 Å². The lowest BCUT2D eigenvalue weighted by atomic mass is 9.83. The molecule has 1 fully saturated rings. The molecule has 1 heterocycles. The number of ether oxygens (including phenoxy) is 2. The first-order valence-corrected chi connectivity index (χ1v) is 5.38. The van der Waals surface area contributed by atoms with Crippen molar-refractivity contribution in [2.24, 2.45) is 5.84 Å². The SMILES string of the molecule is C=C(C)CC(NN)C1(OC)CCOCC1. The summed E-state index contributed by atoms with van der Waals surface area (Å²) in [6, 6.07) is 0.115. The molecule has 0 radical (unpaired) electrons. The molecule has 0 spiro atoms. The summed E-state index contributed by atoms with van der Waals surface area (Å²) in [5.74, 6) is 5.60. The van der Waals surface area contributed by atoms with Crippen LogP contribution in [0.4, 0.5) is 0 Å². The first-order chi connectivity index (χ1) is 7.14. The van der Waals surface area contributed by atoms with Crippen LogP contribution in [-0.4, -0.2) is 32.0 Å². The van der Waals surface area contributed by atoms with Gasteiger partial charge in [0, 0.05) is 33.2 Å². The van der Waals surface area contributed by atoms with Gasteiger partial charge in [0.2, 0.25) is 0 Å². The maximum atomic E-state index is 5.67. The third kappa shape index (κ3) is 3.01. The Morgan fingerprint density at radius 3 is 2.60 bits per heavy atom. The van der Waals surface area contributed by atoms with E-state index in [4.69, 9.17) is 15.3 Å². The van der Waals surface area contributed by atoms with Crippen LogP contribution in [0, 0.1) is 0 Å². The topological polar surface area (TPSA) is 56.5 Å². The number of hydrogen-bond donors (Lipinski definition) is 2. The molecule has 1 aliphatic rings. The van der Waals surface area contributed by atoms with Crippen LogP contribution >= 0.6 is 0 Å². The van der Waals surface area contributed by atoms with Crippen LogP contribution < -0.4 is 11.3 Å². The molecule has 0 aromatic heterocycles. The zero-order chi connectivity index (χ0) is 11.3. The molecular weight excluding hydrogens is 192 g/mol. The normalized spacial score (nSPS) is 22.3. The molecule has 0 aromatic carbocycles. The average molecular weight is 214 g/mol. The van der Waals surface area contributed by atoms with Crippen LogP contribution in [0.15, 0.2) is 12.2 Å². The van der Waals surface area contributed by atoms with E-state index in [2.05, 4.69) is 12.0 Å². The highest BCUT2D eigenvalue weighted by Gasteiger charge is 2.39. The molecule has 3 N–H and O–H groups in total. The van der Waals surface area contributed by atoms with Crippen molar-refractivity contribution in [2.45, 2.75) is 37.8 Å². The molecule has 0 saturated carbocycles. The van der Waals surface area contributed by atoms with Gasteiger partial charge in [-0.1, -0.05) is 5.57 Å². The predicted molar refractivity (Wildman–Crippen MR) is 60.3 cm³/mol. The third-order valence-corrected chi connectivity index (χ3v) is 3.13. The highest BCUT2D eigenvalue weighted by atomic mass is 16.5. The number of nitrogens with two attached hydrogens (primary N) is 1. The van der Waals surface area contributed by atoms with Crippen LogP contribution in [0.2, 0.25) is 0 Å². The molecule has 88 valence electrons. The maximum absolute atomic E-state index is 5.67. The fraction of sp³-hybridized carbons (Fsp3) is 0.818. The standard InChI is InChI=1S/C11H22N2O2/c1-9(2)8-10(13-12)11(14-3)4-6-15-7-5-11/h10,13H,1,4-8,12H2,2-3H3. The summed E-state index contributed by atoms with van der Waals surface area (Å²) in [5, 5.41) is 0. The molecule has 1 atom stereocenters. The van der Waals surface area contributed by atoms with E-state index >= 15 is 0 Å². The quantitative estimate of drug-likeness (QED) is 0.407. The maximum Gasteiger partial charge on any atom is 0.0891 e. The van der Waals surface area contributed by atoms with E-state index < -0.39 is 0 Å². The van der Waals surface area contributed by atoms with Crippen molar-refractivity contribution < 1.29 is 9.47 Å². The molecule has 1 unspecified atom stereocenters. The summed E-state index contributed by atoms with van der Waals surface area (Å²) in [6.07, 6.45) is 2.60. The molecule has 0 bridgehead atoms. The van der Waals surface area contributed by atoms with Gasteiger partial charge >= 0.3 is 0 Å². The molecule has 1 aliphatic heterocycles. The third-order valence-electron chi connectivity index (χ3n) is 3.13. The monoisotopic (exact) mass is 214 g/mol. The summed E-state index contributed by atoms with van der Waals surface area (Å²) >= 11 is 0. The van der Waals surface area contributed by atoms with Crippen LogP contribution in [0.25, 0.3) is 0 Å². The van der Waals surface area contributed by atoms with Crippen LogP contribution in [-0.2, 0) is 9.47 Å². The van der Waals surface area contributed by atoms with Crippen molar-refractivity contribution in [3.8, 4) is 0 Å². The molecule has 1 saturated heterocycles. The zero-order valence-electron chi connectivity index (χ0n) is 9.71. The Kier molecular flexibility index (Phi) is 4.73. The Morgan fingerprint density at radius 1 is 1.60 bits per heavy atom. The van der Waals surface area contributed by atoms with Gasteiger partial charge < -0.3 is 9.47 Å². The summed E-state index contributed by atoms with van der Waals surface area (Å²) in [7, 11) is 1.74.